The number of aromatic amines is 1. The first-order chi connectivity index (χ1) is 71.5. The molecule has 2 heterocycles. The first kappa shape index (κ1) is 130. The molecule has 1 aromatic heterocycles. The molecule has 1 aliphatic heterocycles. The number of nitrogens with zero attached hydrogens (tertiary/aromatic N) is 1. The molecule has 150 heavy (non-hydrogen) atoms. The SMILES string of the molecule is CCCCCCCCCCCCCCCC(=O)NCCCC[C@H](NC(=O)[C@H](CCCCN)NC(=O)[C@@H]1CCCN1C(=O)CNC(=O)[C@H](CC(C)C)NC(=O)[C@H](CC(C)C)NC(=O)[C@H](Cc1ccc(O)cc1)NC(=O)CNC(=O)[C@H](C)NC(=O)[C@H](CO)NC(=O)[C@H](CC(N)=O)NC(=O)[C@H](CC(C)C)NC(=O)[C@@H](NC(=O)[C@H](Cc1c[nH]c2ccccc12)NC(=O)CNC)[C@@H](C)O)C(=O)N[C@@H](CCCCN)C(=O)N[C@@H](CCCCN)C(N)=O. The van der Waals surface area contributed by atoms with E-state index >= 15 is 0 Å². The van der Waals surface area contributed by atoms with Crippen molar-refractivity contribution in [2.75, 3.05) is 66.0 Å². The lowest BCUT2D eigenvalue weighted by atomic mass is 9.99. The van der Waals surface area contributed by atoms with E-state index in [9.17, 15) is 106 Å². The summed E-state index contributed by atoms with van der Waals surface area (Å²) in [5.74, 6) is -17.4. The molecule has 19 amide bonds. The summed E-state index contributed by atoms with van der Waals surface area (Å²) in [6.45, 7) is 13.3. The lowest BCUT2D eigenvalue weighted by molar-refractivity contribution is -0.140. The summed E-state index contributed by atoms with van der Waals surface area (Å²) in [5.41, 5.74) is 30.5. The molecule has 4 rings (SSSR count). The van der Waals surface area contributed by atoms with Crippen molar-refractivity contribution in [3.63, 3.8) is 0 Å². The number of aromatic nitrogens is 1. The number of aliphatic hydroxyl groups excluding tert-OH is 2. The van der Waals surface area contributed by atoms with Crippen molar-refractivity contribution in [3.05, 3.63) is 65.9 Å². The molecule has 31 N–H and O–H groups in total. The average Bonchev–Trinajstić information content (AvgIpc) is 1.66. The van der Waals surface area contributed by atoms with E-state index in [1.807, 2.05) is 12.1 Å². The van der Waals surface area contributed by atoms with Crippen LogP contribution in [0.2, 0.25) is 0 Å². The number of H-pyrrole nitrogens is 1. The first-order valence-electron chi connectivity index (χ1n) is 53.5. The molecular formula is C104H174N24O22. The van der Waals surface area contributed by atoms with Crippen molar-refractivity contribution in [1.29, 1.82) is 0 Å². The third kappa shape index (κ3) is 50.4. The van der Waals surface area contributed by atoms with Crippen LogP contribution >= 0.6 is 0 Å². The Bertz CT molecular complexity index is 4750. The van der Waals surface area contributed by atoms with Gasteiger partial charge in [-0.1, -0.05) is 156 Å². The average molecular weight is 2110 g/mol. The zero-order chi connectivity index (χ0) is 111. The second kappa shape index (κ2) is 72.0. The summed E-state index contributed by atoms with van der Waals surface area (Å²) in [6, 6.07) is -7.43. The van der Waals surface area contributed by atoms with Gasteiger partial charge in [0.15, 0.2) is 0 Å². The molecule has 0 unspecified atom stereocenters. The van der Waals surface area contributed by atoms with E-state index in [1.165, 1.54) is 108 Å². The van der Waals surface area contributed by atoms with Gasteiger partial charge in [0, 0.05) is 49.5 Å². The number of nitrogens with one attached hydrogen (secondary N) is 18. The quantitative estimate of drug-likeness (QED) is 0.0315. The number of benzene rings is 2. The van der Waals surface area contributed by atoms with Gasteiger partial charge in [0.1, 0.15) is 90.3 Å². The fraction of sp³-hybridized carbons (Fsp3) is 0.683. The number of phenolic OH excluding ortho intramolecular Hbond substituents is 1. The summed E-state index contributed by atoms with van der Waals surface area (Å²) < 4.78 is 0. The van der Waals surface area contributed by atoms with Crippen molar-refractivity contribution >= 4 is 123 Å². The molecule has 1 aliphatic rings. The molecule has 46 nitrogen and oxygen atoms in total. The number of hydrogen-bond acceptors (Lipinski definition) is 26. The normalized spacial score (nSPS) is 15.2. The highest BCUT2D eigenvalue weighted by atomic mass is 16.3. The minimum Gasteiger partial charge on any atom is -0.508 e. The highest BCUT2D eigenvalue weighted by Gasteiger charge is 2.41. The molecule has 2 aromatic carbocycles. The van der Waals surface area contributed by atoms with Crippen LogP contribution in [-0.4, -0.2) is 294 Å². The third-order valence-electron chi connectivity index (χ3n) is 25.7. The Labute approximate surface area is 880 Å². The maximum absolute atomic E-state index is 14.8. The molecule has 0 aliphatic carbocycles. The number of rotatable bonds is 78. The molecule has 0 spiro atoms. The molecule has 3 aromatic rings. The van der Waals surface area contributed by atoms with Crippen molar-refractivity contribution in [2.45, 2.75) is 371 Å². The van der Waals surface area contributed by atoms with E-state index in [0.29, 0.717) is 81.9 Å². The number of amides is 19. The lowest BCUT2D eigenvalue weighted by Crippen LogP contribution is -2.62. The Morgan fingerprint density at radius 3 is 1.35 bits per heavy atom. The van der Waals surface area contributed by atoms with Crippen molar-refractivity contribution in [2.24, 2.45) is 46.4 Å². The molecule has 0 saturated carbocycles. The highest BCUT2D eigenvalue weighted by Crippen LogP contribution is 2.24. The van der Waals surface area contributed by atoms with Crippen LogP contribution in [0.15, 0.2) is 54.7 Å². The van der Waals surface area contributed by atoms with Gasteiger partial charge in [-0.3, -0.25) is 91.1 Å². The zero-order valence-electron chi connectivity index (χ0n) is 89.4. The van der Waals surface area contributed by atoms with Gasteiger partial charge in [-0.25, -0.2) is 0 Å². The molecule has 0 bridgehead atoms. The number of fused-ring (bicyclic) bond motifs is 1. The predicted octanol–water partition coefficient (Wildman–Crippen LogP) is -0.549. The van der Waals surface area contributed by atoms with Crippen LogP contribution in [0.5, 0.6) is 5.75 Å². The number of phenols is 1. The Hall–Kier alpha value is -12.5. The molecule has 1 fully saturated rings. The second-order valence-electron chi connectivity index (χ2n) is 40.2. The second-order valence-corrected chi connectivity index (χ2v) is 40.2. The molecule has 15 atom stereocenters. The van der Waals surface area contributed by atoms with E-state index in [2.05, 4.69) is 102 Å². The van der Waals surface area contributed by atoms with Crippen molar-refractivity contribution in [1.82, 2.24) is 100 Å². The number of likely N-dealkylation sites (N-methyl/N-ethyl adjacent to an activating group) is 1. The number of aromatic hydroxyl groups is 1. The van der Waals surface area contributed by atoms with E-state index in [1.54, 1.807) is 59.9 Å². The van der Waals surface area contributed by atoms with Crippen LogP contribution in [0.25, 0.3) is 10.9 Å². The number of carbonyl (C=O) groups is 19. The topological polar surface area (TPSA) is 739 Å². The lowest BCUT2D eigenvalue weighted by Gasteiger charge is -2.29. The van der Waals surface area contributed by atoms with Gasteiger partial charge >= 0.3 is 0 Å². The first-order valence-corrected chi connectivity index (χ1v) is 53.5. The van der Waals surface area contributed by atoms with Crippen LogP contribution in [0, 0.1) is 17.8 Å². The van der Waals surface area contributed by atoms with E-state index in [0.717, 1.165) is 36.6 Å². The number of primary amides is 2. The maximum atomic E-state index is 14.8. The minimum absolute atomic E-state index is 0.00585. The van der Waals surface area contributed by atoms with E-state index in [-0.39, 0.29) is 126 Å². The van der Waals surface area contributed by atoms with Gasteiger partial charge in [0.05, 0.1) is 38.8 Å². The van der Waals surface area contributed by atoms with Gasteiger partial charge < -0.3 is 144 Å². The summed E-state index contributed by atoms with van der Waals surface area (Å²) in [6.07, 6.45) is 18.4. The number of hydrogen-bond donors (Lipinski definition) is 26. The Morgan fingerprint density at radius 2 is 0.840 bits per heavy atom. The number of aliphatic hydroxyl groups is 2. The number of nitrogens with two attached hydrogens (primary N) is 5. The van der Waals surface area contributed by atoms with Gasteiger partial charge in [-0.05, 0) is 203 Å². The summed E-state index contributed by atoms with van der Waals surface area (Å²) in [5, 5.41) is 76.4. The van der Waals surface area contributed by atoms with Crippen LogP contribution in [0.1, 0.15) is 279 Å². The van der Waals surface area contributed by atoms with Crippen LogP contribution in [0.4, 0.5) is 0 Å². The number of likely N-dealkylation sites (tertiary alicyclic amines) is 1. The Kier molecular flexibility index (Phi) is 62.3. The highest BCUT2D eigenvalue weighted by molar-refractivity contribution is 6.02. The van der Waals surface area contributed by atoms with Gasteiger partial charge in [-0.15, -0.1) is 0 Å². The van der Waals surface area contributed by atoms with Gasteiger partial charge in [-0.2, -0.15) is 0 Å². The molecule has 842 valence electrons. The predicted molar refractivity (Wildman–Crippen MR) is 565 cm³/mol. The number of carbonyl (C=O) groups excluding carboxylic acids is 19. The zero-order valence-corrected chi connectivity index (χ0v) is 89.4. The van der Waals surface area contributed by atoms with Gasteiger partial charge in [0.25, 0.3) is 0 Å². The summed E-state index contributed by atoms with van der Waals surface area (Å²) >= 11 is 0. The van der Waals surface area contributed by atoms with Crippen molar-refractivity contribution in [3.8, 4) is 5.75 Å². The fourth-order valence-electron chi connectivity index (χ4n) is 17.4. The van der Waals surface area contributed by atoms with Crippen LogP contribution in [0.3, 0.4) is 0 Å². The van der Waals surface area contributed by atoms with E-state index < -0.39 is 223 Å². The minimum atomic E-state index is -1.90. The summed E-state index contributed by atoms with van der Waals surface area (Å²) in [7, 11) is 1.52. The van der Waals surface area contributed by atoms with Crippen LogP contribution < -0.4 is 119 Å². The third-order valence-corrected chi connectivity index (χ3v) is 25.7. The molecule has 0 radical (unpaired) electrons. The molecule has 1 saturated heterocycles. The van der Waals surface area contributed by atoms with E-state index in [4.69, 9.17) is 28.7 Å². The van der Waals surface area contributed by atoms with Crippen molar-refractivity contribution < 1.29 is 106 Å². The van der Waals surface area contributed by atoms with Crippen LogP contribution in [-0.2, 0) is 104 Å². The molecular weight excluding hydrogens is 1940 g/mol. The smallest absolute Gasteiger partial charge is 0.245 e. The summed E-state index contributed by atoms with van der Waals surface area (Å²) in [4.78, 5) is 269. The Morgan fingerprint density at radius 1 is 0.413 bits per heavy atom. The van der Waals surface area contributed by atoms with Gasteiger partial charge in [0.2, 0.25) is 112 Å². The Balaban J connectivity index is 1.46. The molecule has 46 heteroatoms. The monoisotopic (exact) mass is 2110 g/mol. The maximum Gasteiger partial charge on any atom is 0.245 e. The largest absolute Gasteiger partial charge is 0.508 e. The fourth-order valence-corrected chi connectivity index (χ4v) is 17.4. The number of para-hydroxylation sites is 1. The number of unbranched alkanes of at least 4 members (excludes halogenated alkanes) is 16. The standard InChI is InChI=1S/C104H174N24O22/c1-11-12-13-14-15-16-17-18-19-20-21-22-23-42-86(133)111-50-33-29-40-75(95(141)119-74(38-27-31-48-106)94(140)118-73(91(109)137)37-26-30-47-105)120-96(142)76(39-28-32-49-107)121-103(149)84-41-34-51-128(84)89(136)61-114-93(139)77(52-63(2)3)122-97(143)78(53-64(4)5)123-99(145)80(55-68-43-45-70(131)46-44-68)116-88(135)60-113-92(138)66(8)115-102(148)83(62-129)126-100(146)82(57-85(108)132)124-98(144)79(54-65(6)7)125-104(150)90(67(9)130)127-101(147)81(117-87(134)59-110-10)56-69-58-112-72-36-25-24-35-71(69)72/h24-25,35-36,43-46,58,63-67,73-84,90,110,112,129-131H,11-23,26-34,37-42,47-57,59-62,105-107H2,1-10H3,(H2,108,132)(H2,109,137)(H,111,133)(H,113,138)(H,114,139)(H,115,148)(H,116,135)(H,117,134)(H,118,140)(H,119,141)(H,120,142)(H,121,149)(H,122,143)(H,123,145)(H,124,144)(H,125,150)(H,126,146)(H,127,147)/t66-,67+,73-,74-,75-,76-,77-,78-,79-,80-,81-,82-,83-,84-,90-/m0/s1.